The molecule has 2 aliphatic rings. The number of fused-ring (bicyclic) bond motifs is 3. The van der Waals surface area contributed by atoms with Crippen LogP contribution in [-0.4, -0.2) is 63.2 Å². The van der Waals surface area contributed by atoms with Gasteiger partial charge in [-0.05, 0) is 63.7 Å². The molecule has 0 aliphatic carbocycles. The summed E-state index contributed by atoms with van der Waals surface area (Å²) in [6.07, 6.45) is 0. The molecule has 2 aromatic heterocycles. The van der Waals surface area contributed by atoms with E-state index in [1.54, 1.807) is 18.2 Å². The molecule has 0 spiro atoms. The number of halogens is 2. The van der Waals surface area contributed by atoms with E-state index in [9.17, 15) is 4.79 Å². The molecule has 2 N–H and O–H groups in total. The van der Waals surface area contributed by atoms with E-state index in [0.29, 0.717) is 64.0 Å². The van der Waals surface area contributed by atoms with Gasteiger partial charge in [-0.15, -0.1) is 0 Å². The summed E-state index contributed by atoms with van der Waals surface area (Å²) >= 11 is 13.1. The summed E-state index contributed by atoms with van der Waals surface area (Å²) in [6.45, 7) is 9.89. The van der Waals surface area contributed by atoms with E-state index < -0.39 is 5.56 Å². The maximum absolute atomic E-state index is 13.2. The Bertz CT molecular complexity index is 1620. The Kier molecular flexibility index (Phi) is 6.61. The lowest BCUT2D eigenvalue weighted by atomic mass is 10.1. The van der Waals surface area contributed by atoms with Gasteiger partial charge in [0.2, 0.25) is 11.9 Å². The smallest absolute Gasteiger partial charge is 0.286 e. The van der Waals surface area contributed by atoms with Crippen LogP contribution in [0.3, 0.4) is 0 Å². The van der Waals surface area contributed by atoms with Crippen molar-refractivity contribution in [1.29, 1.82) is 0 Å². The average molecular weight is 566 g/mol. The highest BCUT2D eigenvalue weighted by Gasteiger charge is 2.28. The molecule has 4 heterocycles. The van der Waals surface area contributed by atoms with Crippen LogP contribution in [0.15, 0.2) is 41.2 Å². The zero-order valence-corrected chi connectivity index (χ0v) is 23.8. The van der Waals surface area contributed by atoms with Crippen molar-refractivity contribution in [3.8, 4) is 11.3 Å². The molecule has 0 radical (unpaired) electrons. The van der Waals surface area contributed by atoms with Crippen LogP contribution in [-0.2, 0) is 6.54 Å². The van der Waals surface area contributed by atoms with Crippen LogP contribution >= 0.6 is 23.2 Å². The van der Waals surface area contributed by atoms with Crippen LogP contribution in [0.25, 0.3) is 22.3 Å². The van der Waals surface area contributed by atoms with Gasteiger partial charge in [-0.3, -0.25) is 14.3 Å². The second-order valence-corrected chi connectivity index (χ2v) is 11.2. The summed E-state index contributed by atoms with van der Waals surface area (Å²) in [5.41, 5.74) is 4.10. The van der Waals surface area contributed by atoms with Gasteiger partial charge in [0.25, 0.3) is 5.56 Å². The van der Waals surface area contributed by atoms with Gasteiger partial charge in [-0.1, -0.05) is 29.3 Å². The molecule has 2 aliphatic heterocycles. The molecule has 2 atom stereocenters. The zero-order chi connectivity index (χ0) is 27.4. The molecule has 39 heavy (non-hydrogen) atoms. The Labute approximate surface area is 236 Å². The predicted molar refractivity (Wildman–Crippen MR) is 159 cm³/mol. The lowest BCUT2D eigenvalue weighted by molar-refractivity contribution is 0.170. The Morgan fingerprint density at radius 1 is 1.03 bits per heavy atom. The average Bonchev–Trinajstić information content (AvgIpc) is 3.35. The second-order valence-electron chi connectivity index (χ2n) is 10.4. The van der Waals surface area contributed by atoms with Crippen molar-refractivity contribution in [2.75, 3.05) is 42.2 Å². The SMILES string of the molecule is Cc1cc(Nc2nc(-c3c(Cl)cccc3Cl)c3c(=O)nc4n(c3n2)CCN4)ccc1N1C[C@H](C)N(C)[C@@H](C)C1. The second kappa shape index (κ2) is 9.97. The lowest BCUT2D eigenvalue weighted by Gasteiger charge is -2.44. The fourth-order valence-corrected chi connectivity index (χ4v) is 6.14. The summed E-state index contributed by atoms with van der Waals surface area (Å²) in [6, 6.07) is 12.4. The van der Waals surface area contributed by atoms with E-state index >= 15 is 0 Å². The molecule has 0 unspecified atom stereocenters. The van der Waals surface area contributed by atoms with E-state index in [2.05, 4.69) is 65.4 Å². The van der Waals surface area contributed by atoms with Gasteiger partial charge in [-0.2, -0.15) is 9.97 Å². The highest BCUT2D eigenvalue weighted by atomic mass is 35.5. The number of benzene rings is 2. The maximum Gasteiger partial charge on any atom is 0.286 e. The summed E-state index contributed by atoms with van der Waals surface area (Å²) in [4.78, 5) is 31.8. The minimum absolute atomic E-state index is 0.285. The molecule has 0 bridgehead atoms. The van der Waals surface area contributed by atoms with Crippen molar-refractivity contribution in [2.45, 2.75) is 39.4 Å². The molecule has 0 amide bonds. The molecule has 1 saturated heterocycles. The molecule has 1 fully saturated rings. The number of anilines is 4. The molecule has 9 nitrogen and oxygen atoms in total. The first kappa shape index (κ1) is 25.9. The van der Waals surface area contributed by atoms with Crippen LogP contribution in [0.2, 0.25) is 10.0 Å². The molecule has 6 rings (SSSR count). The Balaban J connectivity index is 1.43. The van der Waals surface area contributed by atoms with E-state index in [1.807, 2.05) is 10.6 Å². The summed E-state index contributed by atoms with van der Waals surface area (Å²) < 4.78 is 1.89. The quantitative estimate of drug-likeness (QED) is 0.351. The van der Waals surface area contributed by atoms with Crippen molar-refractivity contribution in [3.05, 3.63) is 62.4 Å². The number of likely N-dealkylation sites (N-methyl/N-ethyl adjacent to an activating group) is 1. The normalized spacial score (nSPS) is 19.3. The number of hydrogen-bond donors (Lipinski definition) is 2. The van der Waals surface area contributed by atoms with Crippen molar-refractivity contribution in [2.24, 2.45) is 0 Å². The van der Waals surface area contributed by atoms with Gasteiger partial charge < -0.3 is 15.5 Å². The topological polar surface area (TPSA) is 91.2 Å². The fourth-order valence-electron chi connectivity index (χ4n) is 5.56. The first-order chi connectivity index (χ1) is 18.7. The monoisotopic (exact) mass is 564 g/mol. The van der Waals surface area contributed by atoms with Gasteiger partial charge in [0, 0.05) is 55.2 Å². The number of aryl methyl sites for hydroxylation is 1. The van der Waals surface area contributed by atoms with E-state index in [0.717, 1.165) is 24.3 Å². The van der Waals surface area contributed by atoms with Gasteiger partial charge >= 0.3 is 0 Å². The van der Waals surface area contributed by atoms with Crippen molar-refractivity contribution in [1.82, 2.24) is 24.4 Å². The van der Waals surface area contributed by atoms with E-state index in [-0.39, 0.29) is 5.39 Å². The number of aromatic nitrogens is 4. The fraction of sp³-hybridized carbons (Fsp3) is 0.357. The largest absolute Gasteiger partial charge is 0.368 e. The van der Waals surface area contributed by atoms with Crippen LogP contribution in [0.5, 0.6) is 0 Å². The molecular formula is C28H30Cl2N8O. The predicted octanol–water partition coefficient (Wildman–Crippen LogP) is 5.17. The van der Waals surface area contributed by atoms with E-state index in [1.165, 1.54) is 5.69 Å². The van der Waals surface area contributed by atoms with Crippen LogP contribution in [0.4, 0.5) is 23.3 Å². The maximum atomic E-state index is 13.2. The summed E-state index contributed by atoms with van der Waals surface area (Å²) in [5, 5.41) is 7.59. The zero-order valence-electron chi connectivity index (χ0n) is 22.3. The van der Waals surface area contributed by atoms with Crippen molar-refractivity contribution >= 4 is 57.5 Å². The molecule has 2 aromatic carbocycles. The summed E-state index contributed by atoms with van der Waals surface area (Å²) in [7, 11) is 2.19. The number of piperazine rings is 1. The third-order valence-electron chi connectivity index (χ3n) is 7.79. The molecule has 11 heteroatoms. The third-order valence-corrected chi connectivity index (χ3v) is 8.42. The minimum Gasteiger partial charge on any atom is -0.368 e. The van der Waals surface area contributed by atoms with Gasteiger partial charge in [0.05, 0.1) is 15.7 Å². The Morgan fingerprint density at radius 2 is 1.74 bits per heavy atom. The standard InChI is InChI=1S/C28H30Cl2N8O/c1-15-12-18(8-9-21(15)37-13-16(2)36(4)17(3)14-37)32-27-33-24(22-19(29)6-5-7-20(22)30)23-25(34-27)38-11-10-31-28(38)35-26(23)39/h5-9,12,16-17H,10-11,13-14H2,1-4H3,(H,31,35,39)(H,32,33,34)/t16-,17-/m0/s1. The molecular weight excluding hydrogens is 535 g/mol. The summed E-state index contributed by atoms with van der Waals surface area (Å²) in [5.74, 6) is 0.832. The van der Waals surface area contributed by atoms with E-state index in [4.69, 9.17) is 33.2 Å². The Morgan fingerprint density at radius 3 is 2.44 bits per heavy atom. The van der Waals surface area contributed by atoms with Crippen molar-refractivity contribution < 1.29 is 0 Å². The van der Waals surface area contributed by atoms with Crippen molar-refractivity contribution in [3.63, 3.8) is 0 Å². The number of nitrogens with one attached hydrogen (secondary N) is 2. The molecule has 202 valence electrons. The van der Waals surface area contributed by atoms with Gasteiger partial charge in [0.15, 0.2) is 5.65 Å². The lowest BCUT2D eigenvalue weighted by Crippen LogP contribution is -2.55. The highest BCUT2D eigenvalue weighted by Crippen LogP contribution is 2.37. The molecule has 4 aromatic rings. The number of hydrogen-bond acceptors (Lipinski definition) is 8. The van der Waals surface area contributed by atoms with Gasteiger partial charge in [-0.25, -0.2) is 4.98 Å². The highest BCUT2D eigenvalue weighted by molar-refractivity contribution is 6.39. The first-order valence-electron chi connectivity index (χ1n) is 13.1. The third kappa shape index (κ3) is 4.58. The van der Waals surface area contributed by atoms with Crippen LogP contribution in [0, 0.1) is 6.92 Å². The molecule has 0 saturated carbocycles. The first-order valence-corrected chi connectivity index (χ1v) is 13.8. The number of nitrogens with zero attached hydrogens (tertiary/aromatic N) is 6. The van der Waals surface area contributed by atoms with Crippen LogP contribution < -0.4 is 21.1 Å². The van der Waals surface area contributed by atoms with Crippen LogP contribution in [0.1, 0.15) is 19.4 Å². The Hall–Kier alpha value is -3.40. The minimum atomic E-state index is -0.431. The number of rotatable bonds is 4. The van der Waals surface area contributed by atoms with Gasteiger partial charge in [0.1, 0.15) is 5.39 Å².